The van der Waals surface area contributed by atoms with Gasteiger partial charge in [0.25, 0.3) is 5.91 Å². The Bertz CT molecular complexity index is 573. The molecule has 1 rings (SSSR count). The number of methoxy groups -OCH3 is 1. The summed E-state index contributed by atoms with van der Waals surface area (Å²) in [4.78, 5) is 34.3. The minimum absolute atomic E-state index is 0.177. The second-order valence-electron chi connectivity index (χ2n) is 4.32. The van der Waals surface area contributed by atoms with Gasteiger partial charge < -0.3 is 24.8 Å². The SMILES string of the molecule is CCOc1ccc(C(=O)OCC(=O)NCC(=O)NC)cc1OC. The maximum absolute atomic E-state index is 11.9. The van der Waals surface area contributed by atoms with E-state index in [1.54, 1.807) is 6.07 Å². The first-order valence-electron chi connectivity index (χ1n) is 6.97. The molecule has 0 aromatic heterocycles. The van der Waals surface area contributed by atoms with E-state index in [0.717, 1.165) is 0 Å². The molecule has 0 saturated heterocycles. The minimum atomic E-state index is -0.679. The fourth-order valence-corrected chi connectivity index (χ4v) is 1.60. The summed E-state index contributed by atoms with van der Waals surface area (Å²) in [5.74, 6) is -0.692. The van der Waals surface area contributed by atoms with E-state index in [9.17, 15) is 14.4 Å². The molecule has 8 heteroatoms. The molecule has 0 radical (unpaired) electrons. The zero-order valence-electron chi connectivity index (χ0n) is 13.3. The number of carbonyl (C=O) groups excluding carboxylic acids is 3. The summed E-state index contributed by atoms with van der Waals surface area (Å²) in [6.45, 7) is 1.64. The van der Waals surface area contributed by atoms with Gasteiger partial charge in [0.2, 0.25) is 5.91 Å². The molecule has 0 spiro atoms. The number of likely N-dealkylation sites (N-methyl/N-ethyl adjacent to an activating group) is 1. The molecular weight excluding hydrogens is 304 g/mol. The molecule has 0 saturated carbocycles. The Morgan fingerprint density at radius 2 is 1.87 bits per heavy atom. The Morgan fingerprint density at radius 1 is 1.13 bits per heavy atom. The van der Waals surface area contributed by atoms with Gasteiger partial charge in [-0.05, 0) is 25.1 Å². The molecule has 23 heavy (non-hydrogen) atoms. The number of rotatable bonds is 8. The lowest BCUT2D eigenvalue weighted by molar-refractivity contribution is -0.127. The van der Waals surface area contributed by atoms with Crippen molar-refractivity contribution >= 4 is 17.8 Å². The fourth-order valence-electron chi connectivity index (χ4n) is 1.60. The van der Waals surface area contributed by atoms with Crippen LogP contribution < -0.4 is 20.1 Å². The van der Waals surface area contributed by atoms with Gasteiger partial charge in [-0.25, -0.2) is 4.79 Å². The molecule has 0 aliphatic rings. The highest BCUT2D eigenvalue weighted by Crippen LogP contribution is 2.28. The molecule has 0 atom stereocenters. The summed E-state index contributed by atoms with van der Waals surface area (Å²) in [6, 6.07) is 4.57. The number of esters is 1. The molecule has 0 fully saturated rings. The van der Waals surface area contributed by atoms with Crippen LogP contribution in [0.4, 0.5) is 0 Å². The Kier molecular flexibility index (Phi) is 7.38. The van der Waals surface area contributed by atoms with Crippen LogP contribution in [0.2, 0.25) is 0 Å². The predicted molar refractivity (Wildman–Crippen MR) is 81.5 cm³/mol. The minimum Gasteiger partial charge on any atom is -0.493 e. The molecule has 0 unspecified atom stereocenters. The molecule has 0 heterocycles. The zero-order valence-corrected chi connectivity index (χ0v) is 13.3. The average molecular weight is 324 g/mol. The standard InChI is InChI=1S/C15H20N2O6/c1-4-22-11-6-5-10(7-12(11)21-3)15(20)23-9-14(19)17-8-13(18)16-2/h5-7H,4,8-9H2,1-3H3,(H,16,18)(H,17,19). The lowest BCUT2D eigenvalue weighted by Crippen LogP contribution is -2.37. The van der Waals surface area contributed by atoms with Crippen LogP contribution in [0.1, 0.15) is 17.3 Å². The van der Waals surface area contributed by atoms with Gasteiger partial charge in [-0.1, -0.05) is 0 Å². The quantitative estimate of drug-likeness (QED) is 0.658. The Hall–Kier alpha value is -2.77. The maximum Gasteiger partial charge on any atom is 0.338 e. The van der Waals surface area contributed by atoms with Gasteiger partial charge in [-0.15, -0.1) is 0 Å². The largest absolute Gasteiger partial charge is 0.493 e. The predicted octanol–water partition coefficient (Wildman–Crippen LogP) is 0.113. The topological polar surface area (TPSA) is 103 Å². The first-order valence-corrected chi connectivity index (χ1v) is 6.97. The number of hydrogen-bond acceptors (Lipinski definition) is 6. The van der Waals surface area contributed by atoms with Crippen molar-refractivity contribution in [3.05, 3.63) is 23.8 Å². The molecule has 1 aromatic carbocycles. The van der Waals surface area contributed by atoms with Crippen LogP contribution >= 0.6 is 0 Å². The molecule has 0 aliphatic carbocycles. The van der Waals surface area contributed by atoms with Crippen LogP contribution in [0.5, 0.6) is 11.5 Å². The number of amides is 2. The van der Waals surface area contributed by atoms with Crippen molar-refractivity contribution in [2.75, 3.05) is 33.9 Å². The van der Waals surface area contributed by atoms with Crippen LogP contribution in [0.15, 0.2) is 18.2 Å². The molecule has 0 bridgehead atoms. The van der Waals surface area contributed by atoms with Crippen LogP contribution in [0, 0.1) is 0 Å². The molecule has 8 nitrogen and oxygen atoms in total. The smallest absolute Gasteiger partial charge is 0.338 e. The summed E-state index contributed by atoms with van der Waals surface area (Å²) in [5, 5.41) is 4.67. The first kappa shape index (κ1) is 18.3. The van der Waals surface area contributed by atoms with Crippen LogP contribution in [-0.4, -0.2) is 51.7 Å². The second-order valence-corrected chi connectivity index (χ2v) is 4.32. The Balaban J connectivity index is 2.57. The van der Waals surface area contributed by atoms with E-state index >= 15 is 0 Å². The van der Waals surface area contributed by atoms with E-state index in [0.29, 0.717) is 18.1 Å². The normalized spacial score (nSPS) is 9.70. The third-order valence-corrected chi connectivity index (χ3v) is 2.76. The van der Waals surface area contributed by atoms with Crippen LogP contribution in [-0.2, 0) is 14.3 Å². The van der Waals surface area contributed by atoms with Crippen molar-refractivity contribution < 1.29 is 28.6 Å². The fraction of sp³-hybridized carbons (Fsp3) is 0.400. The van der Waals surface area contributed by atoms with Gasteiger partial charge in [-0.2, -0.15) is 0 Å². The van der Waals surface area contributed by atoms with E-state index in [1.165, 1.54) is 26.3 Å². The number of hydrogen-bond donors (Lipinski definition) is 2. The summed E-state index contributed by atoms with van der Waals surface area (Å²) < 4.78 is 15.4. The molecular formula is C15H20N2O6. The highest BCUT2D eigenvalue weighted by Gasteiger charge is 2.14. The first-order chi connectivity index (χ1) is 11.0. The third-order valence-electron chi connectivity index (χ3n) is 2.76. The van der Waals surface area contributed by atoms with Gasteiger partial charge in [0.05, 0.1) is 25.8 Å². The highest BCUT2D eigenvalue weighted by atomic mass is 16.5. The van der Waals surface area contributed by atoms with Gasteiger partial charge in [0.15, 0.2) is 18.1 Å². The summed E-state index contributed by atoms with van der Waals surface area (Å²) >= 11 is 0. The van der Waals surface area contributed by atoms with Crippen molar-refractivity contribution in [1.29, 1.82) is 0 Å². The lowest BCUT2D eigenvalue weighted by Gasteiger charge is -2.11. The van der Waals surface area contributed by atoms with Crippen LogP contribution in [0.25, 0.3) is 0 Å². The Morgan fingerprint density at radius 3 is 2.48 bits per heavy atom. The summed E-state index contributed by atoms with van der Waals surface area (Å²) in [7, 11) is 2.91. The van der Waals surface area contributed by atoms with Crippen molar-refractivity contribution in [3.63, 3.8) is 0 Å². The van der Waals surface area contributed by atoms with Crippen molar-refractivity contribution in [2.24, 2.45) is 0 Å². The highest BCUT2D eigenvalue weighted by molar-refractivity contribution is 5.92. The molecule has 2 amide bonds. The zero-order chi connectivity index (χ0) is 17.2. The van der Waals surface area contributed by atoms with Gasteiger partial charge in [-0.3, -0.25) is 9.59 Å². The molecule has 1 aromatic rings. The average Bonchev–Trinajstić information content (AvgIpc) is 2.57. The molecule has 126 valence electrons. The maximum atomic E-state index is 11.9. The number of benzene rings is 1. The van der Waals surface area contributed by atoms with Crippen molar-refractivity contribution in [3.8, 4) is 11.5 Å². The van der Waals surface area contributed by atoms with Gasteiger partial charge >= 0.3 is 5.97 Å². The monoisotopic (exact) mass is 324 g/mol. The van der Waals surface area contributed by atoms with Crippen LogP contribution in [0.3, 0.4) is 0 Å². The third kappa shape index (κ3) is 5.85. The lowest BCUT2D eigenvalue weighted by atomic mass is 10.2. The van der Waals surface area contributed by atoms with Gasteiger partial charge in [0.1, 0.15) is 0 Å². The molecule has 2 N–H and O–H groups in total. The second kappa shape index (κ2) is 9.29. The number of nitrogens with one attached hydrogen (secondary N) is 2. The number of carbonyl (C=O) groups is 3. The van der Waals surface area contributed by atoms with E-state index < -0.39 is 18.5 Å². The Labute approximate surface area is 134 Å². The number of ether oxygens (including phenoxy) is 3. The summed E-state index contributed by atoms with van der Waals surface area (Å²) in [5.41, 5.74) is 0.226. The molecule has 0 aliphatic heterocycles. The van der Waals surface area contributed by atoms with Gasteiger partial charge in [0, 0.05) is 7.05 Å². The van der Waals surface area contributed by atoms with E-state index in [-0.39, 0.29) is 18.0 Å². The van der Waals surface area contributed by atoms with E-state index in [2.05, 4.69) is 10.6 Å². The van der Waals surface area contributed by atoms with Crippen molar-refractivity contribution in [2.45, 2.75) is 6.92 Å². The van der Waals surface area contributed by atoms with Crippen molar-refractivity contribution in [1.82, 2.24) is 10.6 Å². The summed E-state index contributed by atoms with van der Waals surface area (Å²) in [6.07, 6.45) is 0. The van der Waals surface area contributed by atoms with E-state index in [1.807, 2.05) is 6.92 Å². The van der Waals surface area contributed by atoms with E-state index in [4.69, 9.17) is 14.2 Å².